The smallest absolute Gasteiger partial charge is 0.127 e. The standard InChI is InChI=1S/C21H35NO2/c1-8-22(9-2,10-3)14-13-21(7)12-11-18-17(6)19(23)15(4)16(5)20(18)24-21/h8-14H2,1-7H3/p+1. The lowest BCUT2D eigenvalue weighted by molar-refractivity contribution is -0.924. The molecule has 2 rings (SSSR count). The van der Waals surface area contributed by atoms with Crippen LogP contribution in [0.5, 0.6) is 11.5 Å². The van der Waals surface area contributed by atoms with E-state index in [1.54, 1.807) is 0 Å². The van der Waals surface area contributed by atoms with Crippen LogP contribution in [0.15, 0.2) is 0 Å². The summed E-state index contributed by atoms with van der Waals surface area (Å²) in [6, 6.07) is 0. The number of aromatic hydroxyl groups is 1. The maximum atomic E-state index is 10.3. The van der Waals surface area contributed by atoms with E-state index in [-0.39, 0.29) is 5.60 Å². The average Bonchev–Trinajstić information content (AvgIpc) is 2.60. The highest BCUT2D eigenvalue weighted by Gasteiger charge is 2.36. The first-order valence-electron chi connectivity index (χ1n) is 9.58. The van der Waals surface area contributed by atoms with E-state index < -0.39 is 0 Å². The van der Waals surface area contributed by atoms with E-state index in [0.717, 1.165) is 41.7 Å². The Kier molecular flexibility index (Phi) is 5.54. The summed E-state index contributed by atoms with van der Waals surface area (Å²) in [6.07, 6.45) is 3.11. The highest BCUT2D eigenvalue weighted by molar-refractivity contribution is 5.58. The minimum absolute atomic E-state index is 0.101. The molecule has 1 N–H and O–H groups in total. The van der Waals surface area contributed by atoms with E-state index in [2.05, 4.69) is 34.6 Å². The first-order chi connectivity index (χ1) is 11.2. The van der Waals surface area contributed by atoms with Gasteiger partial charge in [-0.15, -0.1) is 0 Å². The van der Waals surface area contributed by atoms with Crippen molar-refractivity contribution in [3.63, 3.8) is 0 Å². The molecule has 0 spiro atoms. The largest absolute Gasteiger partial charge is 0.507 e. The van der Waals surface area contributed by atoms with Crippen LogP contribution in [0.3, 0.4) is 0 Å². The van der Waals surface area contributed by atoms with Gasteiger partial charge in [0.1, 0.15) is 17.1 Å². The minimum atomic E-state index is -0.101. The van der Waals surface area contributed by atoms with Gasteiger partial charge in [0.25, 0.3) is 0 Å². The molecule has 1 aromatic carbocycles. The third-order valence-corrected chi connectivity index (χ3v) is 6.72. The van der Waals surface area contributed by atoms with E-state index in [0.29, 0.717) is 5.75 Å². The predicted octanol–water partition coefficient (Wildman–Crippen LogP) is 4.67. The molecule has 0 amide bonds. The number of hydrogen-bond acceptors (Lipinski definition) is 2. The molecule has 1 aliphatic heterocycles. The van der Waals surface area contributed by atoms with Gasteiger partial charge in [-0.1, -0.05) is 0 Å². The lowest BCUT2D eigenvalue weighted by Crippen LogP contribution is -2.51. The molecule has 1 aromatic rings. The van der Waals surface area contributed by atoms with Gasteiger partial charge in [-0.05, 0) is 78.0 Å². The Morgan fingerprint density at radius 2 is 1.58 bits per heavy atom. The summed E-state index contributed by atoms with van der Waals surface area (Å²) in [5, 5.41) is 10.3. The maximum Gasteiger partial charge on any atom is 0.127 e. The highest BCUT2D eigenvalue weighted by atomic mass is 16.5. The van der Waals surface area contributed by atoms with Gasteiger partial charge in [-0.3, -0.25) is 0 Å². The van der Waals surface area contributed by atoms with Gasteiger partial charge >= 0.3 is 0 Å². The van der Waals surface area contributed by atoms with Crippen molar-refractivity contribution in [3.8, 4) is 11.5 Å². The molecule has 1 aliphatic rings. The fourth-order valence-electron chi connectivity index (χ4n) is 4.09. The van der Waals surface area contributed by atoms with Crippen molar-refractivity contribution >= 4 is 0 Å². The molecular formula is C21H36NO2+. The van der Waals surface area contributed by atoms with Gasteiger partial charge in [0, 0.05) is 12.0 Å². The van der Waals surface area contributed by atoms with Crippen molar-refractivity contribution in [1.29, 1.82) is 0 Å². The maximum absolute atomic E-state index is 10.3. The van der Waals surface area contributed by atoms with E-state index in [1.165, 1.54) is 36.2 Å². The molecular weight excluding hydrogens is 298 g/mol. The zero-order valence-electron chi connectivity index (χ0n) is 16.8. The summed E-state index contributed by atoms with van der Waals surface area (Å²) < 4.78 is 7.74. The molecule has 0 saturated carbocycles. The van der Waals surface area contributed by atoms with Crippen LogP contribution < -0.4 is 4.74 Å². The van der Waals surface area contributed by atoms with E-state index >= 15 is 0 Å². The molecule has 0 bridgehead atoms. The molecule has 0 saturated heterocycles. The molecule has 3 nitrogen and oxygen atoms in total. The van der Waals surface area contributed by atoms with Crippen LogP contribution >= 0.6 is 0 Å². The van der Waals surface area contributed by atoms with Crippen LogP contribution in [0, 0.1) is 20.8 Å². The monoisotopic (exact) mass is 334 g/mol. The van der Waals surface area contributed by atoms with Crippen LogP contribution in [0.25, 0.3) is 0 Å². The fourth-order valence-corrected chi connectivity index (χ4v) is 4.09. The number of hydrogen-bond donors (Lipinski definition) is 1. The van der Waals surface area contributed by atoms with Gasteiger partial charge in [-0.25, -0.2) is 0 Å². The first kappa shape index (κ1) is 19.1. The lowest BCUT2D eigenvalue weighted by atomic mass is 9.85. The highest BCUT2D eigenvalue weighted by Crippen LogP contribution is 2.44. The van der Waals surface area contributed by atoms with Gasteiger partial charge in [0.05, 0.1) is 26.2 Å². The van der Waals surface area contributed by atoms with Crippen LogP contribution in [-0.2, 0) is 6.42 Å². The third-order valence-electron chi connectivity index (χ3n) is 6.72. The average molecular weight is 335 g/mol. The van der Waals surface area contributed by atoms with E-state index in [4.69, 9.17) is 4.74 Å². The number of benzene rings is 1. The Morgan fingerprint density at radius 3 is 2.12 bits per heavy atom. The van der Waals surface area contributed by atoms with Crippen molar-refractivity contribution < 1.29 is 14.3 Å². The predicted molar refractivity (Wildman–Crippen MR) is 101 cm³/mol. The molecule has 24 heavy (non-hydrogen) atoms. The van der Waals surface area contributed by atoms with E-state index in [9.17, 15) is 5.11 Å². The molecule has 1 atom stereocenters. The summed E-state index contributed by atoms with van der Waals surface area (Å²) >= 11 is 0. The number of rotatable bonds is 6. The molecule has 1 unspecified atom stereocenters. The lowest BCUT2D eigenvalue weighted by Gasteiger charge is -2.42. The second kappa shape index (κ2) is 6.95. The first-order valence-corrected chi connectivity index (χ1v) is 9.58. The van der Waals surface area contributed by atoms with Crippen molar-refractivity contribution in [1.82, 2.24) is 0 Å². The van der Waals surface area contributed by atoms with E-state index in [1.807, 2.05) is 13.8 Å². The Balaban J connectivity index is 2.25. The molecule has 1 heterocycles. The Bertz CT molecular complexity index is 596. The molecule has 0 aromatic heterocycles. The van der Waals surface area contributed by atoms with Gasteiger partial charge in [0.15, 0.2) is 0 Å². The quantitative estimate of drug-likeness (QED) is 0.766. The normalized spacial score (nSPS) is 20.6. The SMILES string of the molecule is CC[N+](CC)(CC)CCC1(C)CCc2c(C)c(O)c(C)c(C)c2O1. The second-order valence-electron chi connectivity index (χ2n) is 7.85. The topological polar surface area (TPSA) is 29.5 Å². The number of phenols is 1. The van der Waals surface area contributed by atoms with Crippen LogP contribution in [0.4, 0.5) is 0 Å². The number of ether oxygens (including phenoxy) is 1. The zero-order chi connectivity index (χ0) is 18.1. The Labute approximate surface area is 148 Å². The van der Waals surface area contributed by atoms with Gasteiger partial charge in [-0.2, -0.15) is 0 Å². The summed E-state index contributed by atoms with van der Waals surface area (Å²) in [5.74, 6) is 1.47. The van der Waals surface area contributed by atoms with Crippen molar-refractivity contribution in [2.24, 2.45) is 0 Å². The summed E-state index contributed by atoms with van der Waals surface area (Å²) in [6.45, 7) is 20.0. The van der Waals surface area contributed by atoms with Crippen molar-refractivity contribution in [2.45, 2.75) is 73.3 Å². The molecule has 3 heteroatoms. The Morgan fingerprint density at radius 1 is 1.00 bits per heavy atom. The number of fused-ring (bicyclic) bond motifs is 1. The summed E-state index contributed by atoms with van der Waals surface area (Å²) in [7, 11) is 0. The van der Waals surface area contributed by atoms with Gasteiger partial charge in [0.2, 0.25) is 0 Å². The van der Waals surface area contributed by atoms with Gasteiger partial charge < -0.3 is 14.3 Å². The van der Waals surface area contributed by atoms with Crippen molar-refractivity contribution in [2.75, 3.05) is 26.2 Å². The van der Waals surface area contributed by atoms with Crippen LogP contribution in [-0.4, -0.2) is 41.4 Å². The van der Waals surface area contributed by atoms with Crippen LogP contribution in [0.2, 0.25) is 0 Å². The molecule has 136 valence electrons. The third kappa shape index (κ3) is 3.28. The Hall–Kier alpha value is -1.22. The number of quaternary nitrogens is 1. The zero-order valence-corrected chi connectivity index (χ0v) is 16.8. The summed E-state index contributed by atoms with van der Waals surface area (Å²) in [4.78, 5) is 0. The number of nitrogens with zero attached hydrogens (tertiary/aromatic N) is 1. The summed E-state index contributed by atoms with van der Waals surface area (Å²) in [5.41, 5.74) is 4.15. The molecule has 0 radical (unpaired) electrons. The number of phenolic OH excluding ortho intramolecular Hbond substituents is 1. The molecule has 0 aliphatic carbocycles. The fraction of sp³-hybridized carbons (Fsp3) is 0.714. The van der Waals surface area contributed by atoms with Crippen molar-refractivity contribution in [3.05, 3.63) is 22.3 Å². The second-order valence-corrected chi connectivity index (χ2v) is 7.85. The molecule has 0 fully saturated rings. The minimum Gasteiger partial charge on any atom is -0.507 e. The van der Waals surface area contributed by atoms with Crippen LogP contribution in [0.1, 0.15) is 62.8 Å².